The van der Waals surface area contributed by atoms with Crippen LogP contribution in [0.3, 0.4) is 0 Å². The third kappa shape index (κ3) is 8.61. The van der Waals surface area contributed by atoms with E-state index in [9.17, 15) is 8.78 Å². The van der Waals surface area contributed by atoms with Crippen molar-refractivity contribution >= 4 is 0 Å². The number of hydrogen-bond donors (Lipinski definition) is 0. The summed E-state index contributed by atoms with van der Waals surface area (Å²) in [6.45, 7) is 0.661. The van der Waals surface area contributed by atoms with Crippen molar-refractivity contribution in [3.8, 4) is 11.8 Å². The van der Waals surface area contributed by atoms with Gasteiger partial charge in [-0.3, -0.25) is 0 Å². The van der Waals surface area contributed by atoms with Gasteiger partial charge in [0.25, 0.3) is 0 Å². The predicted octanol–water partition coefficient (Wildman–Crippen LogP) is 5.52. The van der Waals surface area contributed by atoms with Crippen molar-refractivity contribution in [1.82, 2.24) is 0 Å². The molecule has 2 nitrogen and oxygen atoms in total. The molecule has 0 N–H and O–H groups in total. The van der Waals surface area contributed by atoms with Crippen LogP contribution in [-0.4, -0.2) is 13.0 Å². The normalized spacial score (nSPS) is 10.6. The van der Waals surface area contributed by atoms with E-state index in [0.29, 0.717) is 19.4 Å². The van der Waals surface area contributed by atoms with Gasteiger partial charge in [0.2, 0.25) is 6.43 Å². The first-order chi connectivity index (χ1) is 10.7. The molecule has 4 heteroatoms. The van der Waals surface area contributed by atoms with Crippen LogP contribution in [0.5, 0.6) is 5.75 Å². The Morgan fingerprint density at radius 3 is 2.27 bits per heavy atom. The average Bonchev–Trinajstić information content (AvgIpc) is 2.50. The molecule has 0 unspecified atom stereocenters. The Labute approximate surface area is 132 Å². The molecule has 0 heterocycles. The zero-order chi connectivity index (χ0) is 16.0. The fraction of sp³-hybridized carbons (Fsp3) is 0.611. The topological polar surface area (TPSA) is 33.0 Å². The van der Waals surface area contributed by atoms with E-state index in [4.69, 9.17) is 10.00 Å². The second kappa shape index (κ2) is 12.0. The van der Waals surface area contributed by atoms with Gasteiger partial charge in [-0.25, -0.2) is 8.78 Å². The molecule has 0 radical (unpaired) electrons. The lowest BCUT2D eigenvalue weighted by atomic mass is 10.1. The first kappa shape index (κ1) is 18.4. The van der Waals surface area contributed by atoms with Gasteiger partial charge in [-0.2, -0.15) is 5.26 Å². The monoisotopic (exact) mass is 309 g/mol. The third-order valence-electron chi connectivity index (χ3n) is 3.57. The van der Waals surface area contributed by atoms with Gasteiger partial charge in [0.15, 0.2) is 0 Å². The molecule has 1 aromatic rings. The molecule has 0 saturated carbocycles. The maximum absolute atomic E-state index is 11.9. The van der Waals surface area contributed by atoms with Crippen molar-refractivity contribution in [2.45, 2.75) is 64.2 Å². The minimum absolute atomic E-state index is 0.0376. The summed E-state index contributed by atoms with van der Waals surface area (Å²) in [6, 6.07) is 9.78. The van der Waals surface area contributed by atoms with Crippen LogP contribution >= 0.6 is 0 Å². The molecule has 0 aliphatic heterocycles. The zero-order valence-electron chi connectivity index (χ0n) is 13.1. The number of ether oxygens (including phenoxy) is 1. The standard InChI is InChI=1S/C18H25F2NO/c19-18(20)12-6-4-2-1-3-5-9-15-22-17-11-8-7-10-16(17)13-14-21/h7-8,10-11,18H,1-6,9,12-13,15H2. The van der Waals surface area contributed by atoms with Gasteiger partial charge >= 0.3 is 0 Å². The summed E-state index contributed by atoms with van der Waals surface area (Å²) in [5, 5.41) is 8.76. The number of halogens is 2. The number of hydrogen-bond acceptors (Lipinski definition) is 2. The SMILES string of the molecule is N#CCc1ccccc1OCCCCCCCCCC(F)F. The summed E-state index contributed by atoms with van der Waals surface area (Å²) in [5.74, 6) is 0.802. The van der Waals surface area contributed by atoms with E-state index >= 15 is 0 Å². The van der Waals surface area contributed by atoms with E-state index in [0.717, 1.165) is 49.8 Å². The molecule has 0 spiro atoms. The maximum Gasteiger partial charge on any atom is 0.238 e. The van der Waals surface area contributed by atoms with E-state index in [2.05, 4.69) is 6.07 Å². The fourth-order valence-electron chi connectivity index (χ4n) is 2.34. The molecule has 0 aromatic heterocycles. The highest BCUT2D eigenvalue weighted by molar-refractivity contribution is 5.35. The van der Waals surface area contributed by atoms with Gasteiger partial charge in [-0.05, 0) is 18.9 Å². The lowest BCUT2D eigenvalue weighted by Crippen LogP contribution is -2.00. The van der Waals surface area contributed by atoms with E-state index in [-0.39, 0.29) is 6.42 Å². The molecule has 1 aromatic carbocycles. The smallest absolute Gasteiger partial charge is 0.238 e. The fourth-order valence-corrected chi connectivity index (χ4v) is 2.34. The lowest BCUT2D eigenvalue weighted by molar-refractivity contribution is 0.133. The highest BCUT2D eigenvalue weighted by Gasteiger charge is 2.02. The summed E-state index contributed by atoms with van der Waals surface area (Å²) < 4.78 is 29.6. The largest absolute Gasteiger partial charge is 0.493 e. The Hall–Kier alpha value is -1.63. The summed E-state index contributed by atoms with van der Waals surface area (Å²) in [6.07, 6.45) is 5.14. The first-order valence-electron chi connectivity index (χ1n) is 8.10. The van der Waals surface area contributed by atoms with Crippen LogP contribution in [-0.2, 0) is 6.42 Å². The number of unbranched alkanes of at least 4 members (excludes halogenated alkanes) is 6. The second-order valence-electron chi connectivity index (χ2n) is 5.45. The van der Waals surface area contributed by atoms with Gasteiger partial charge in [-0.15, -0.1) is 0 Å². The number of benzene rings is 1. The number of nitrogens with zero attached hydrogens (tertiary/aromatic N) is 1. The highest BCUT2D eigenvalue weighted by atomic mass is 19.3. The van der Waals surface area contributed by atoms with Crippen LogP contribution < -0.4 is 4.74 Å². The molecule has 0 amide bonds. The Morgan fingerprint density at radius 2 is 1.59 bits per heavy atom. The summed E-state index contributed by atoms with van der Waals surface area (Å²) in [4.78, 5) is 0. The van der Waals surface area contributed by atoms with Crippen molar-refractivity contribution in [1.29, 1.82) is 5.26 Å². The van der Waals surface area contributed by atoms with Crippen LogP contribution in [0.25, 0.3) is 0 Å². The van der Waals surface area contributed by atoms with Crippen molar-refractivity contribution in [3.63, 3.8) is 0 Å². The third-order valence-corrected chi connectivity index (χ3v) is 3.57. The molecule has 0 aliphatic rings. The molecule has 22 heavy (non-hydrogen) atoms. The van der Waals surface area contributed by atoms with Gasteiger partial charge in [-0.1, -0.05) is 50.3 Å². The molecule has 0 saturated heterocycles. The number of para-hydroxylation sites is 1. The number of alkyl halides is 2. The van der Waals surface area contributed by atoms with Crippen molar-refractivity contribution < 1.29 is 13.5 Å². The summed E-state index contributed by atoms with van der Waals surface area (Å²) >= 11 is 0. The summed E-state index contributed by atoms with van der Waals surface area (Å²) in [7, 11) is 0. The molecule has 0 atom stereocenters. The number of nitriles is 1. The zero-order valence-corrected chi connectivity index (χ0v) is 13.1. The van der Waals surface area contributed by atoms with E-state index in [1.165, 1.54) is 0 Å². The van der Waals surface area contributed by atoms with E-state index in [1.54, 1.807) is 0 Å². The minimum Gasteiger partial charge on any atom is -0.493 e. The van der Waals surface area contributed by atoms with Gasteiger partial charge in [0.05, 0.1) is 19.1 Å². The van der Waals surface area contributed by atoms with Crippen molar-refractivity contribution in [2.24, 2.45) is 0 Å². The molecule has 0 fully saturated rings. The first-order valence-corrected chi connectivity index (χ1v) is 8.10. The molecule has 122 valence electrons. The van der Waals surface area contributed by atoms with Crippen LogP contribution in [0.4, 0.5) is 8.78 Å². The van der Waals surface area contributed by atoms with Crippen LogP contribution in [0, 0.1) is 11.3 Å². The Morgan fingerprint density at radius 1 is 0.955 bits per heavy atom. The van der Waals surface area contributed by atoms with Gasteiger partial charge in [0.1, 0.15) is 5.75 Å². The van der Waals surface area contributed by atoms with Crippen LogP contribution in [0.2, 0.25) is 0 Å². The Bertz CT molecular complexity index is 443. The van der Waals surface area contributed by atoms with Crippen molar-refractivity contribution in [3.05, 3.63) is 29.8 Å². The maximum atomic E-state index is 11.9. The van der Waals surface area contributed by atoms with Gasteiger partial charge < -0.3 is 4.74 Å². The second-order valence-corrected chi connectivity index (χ2v) is 5.45. The van der Waals surface area contributed by atoms with E-state index < -0.39 is 6.43 Å². The molecular formula is C18H25F2NO. The Balaban J connectivity index is 2.01. The molecule has 1 rings (SSSR count). The predicted molar refractivity (Wildman–Crippen MR) is 84.2 cm³/mol. The minimum atomic E-state index is -2.15. The van der Waals surface area contributed by atoms with Crippen molar-refractivity contribution in [2.75, 3.05) is 6.61 Å². The highest BCUT2D eigenvalue weighted by Crippen LogP contribution is 2.19. The molecular weight excluding hydrogens is 284 g/mol. The van der Waals surface area contributed by atoms with Gasteiger partial charge in [0, 0.05) is 12.0 Å². The quantitative estimate of drug-likeness (QED) is 0.476. The number of rotatable bonds is 12. The molecule has 0 bridgehead atoms. The lowest BCUT2D eigenvalue weighted by Gasteiger charge is -2.09. The van der Waals surface area contributed by atoms with E-state index in [1.807, 2.05) is 24.3 Å². The summed E-state index contributed by atoms with van der Waals surface area (Å²) in [5.41, 5.74) is 0.934. The Kier molecular flexibility index (Phi) is 10.0. The van der Waals surface area contributed by atoms with Crippen LogP contribution in [0.1, 0.15) is 56.9 Å². The average molecular weight is 309 g/mol. The molecule has 0 aliphatic carbocycles. The van der Waals surface area contributed by atoms with Crippen LogP contribution in [0.15, 0.2) is 24.3 Å².